The van der Waals surface area contributed by atoms with Crippen molar-refractivity contribution in [1.29, 1.82) is 0 Å². The molecule has 6 nitrogen and oxygen atoms in total. The van der Waals surface area contributed by atoms with Crippen LogP contribution in [0, 0.1) is 6.92 Å². The van der Waals surface area contributed by atoms with Gasteiger partial charge in [-0.25, -0.2) is 4.68 Å². The van der Waals surface area contributed by atoms with Crippen LogP contribution in [-0.2, 0) is 13.1 Å². The average molecular weight is 298 g/mol. The zero-order valence-electron chi connectivity index (χ0n) is 12.4. The van der Waals surface area contributed by atoms with Crippen molar-refractivity contribution in [2.45, 2.75) is 20.0 Å². The van der Waals surface area contributed by atoms with Gasteiger partial charge in [0.25, 0.3) is 0 Å². The SMILES string of the molecule is Cc1occc1-c1cc(NCc2ccccn2)n(CCO)n1. The predicted octanol–water partition coefficient (Wildman–Crippen LogP) is 2.45. The molecular weight excluding hydrogens is 280 g/mol. The number of furan rings is 1. The molecule has 0 aromatic carbocycles. The van der Waals surface area contributed by atoms with Gasteiger partial charge in [0.1, 0.15) is 11.6 Å². The molecule has 0 saturated heterocycles. The Labute approximate surface area is 128 Å². The summed E-state index contributed by atoms with van der Waals surface area (Å²) < 4.78 is 7.08. The third-order valence-corrected chi connectivity index (χ3v) is 3.40. The zero-order chi connectivity index (χ0) is 15.4. The van der Waals surface area contributed by atoms with Crippen molar-refractivity contribution >= 4 is 5.82 Å². The van der Waals surface area contributed by atoms with Crippen molar-refractivity contribution < 1.29 is 9.52 Å². The quantitative estimate of drug-likeness (QED) is 0.731. The van der Waals surface area contributed by atoms with Gasteiger partial charge in [0, 0.05) is 17.8 Å². The Hall–Kier alpha value is -2.60. The number of hydrogen-bond acceptors (Lipinski definition) is 5. The maximum absolute atomic E-state index is 9.20. The molecule has 0 fully saturated rings. The average Bonchev–Trinajstić information content (AvgIpc) is 3.13. The molecule has 0 spiro atoms. The summed E-state index contributed by atoms with van der Waals surface area (Å²) in [5.74, 6) is 1.67. The normalized spacial score (nSPS) is 10.8. The van der Waals surface area contributed by atoms with Gasteiger partial charge >= 0.3 is 0 Å². The molecule has 0 radical (unpaired) electrons. The Morgan fingerprint density at radius 2 is 2.23 bits per heavy atom. The molecule has 0 aliphatic rings. The number of nitrogens with zero attached hydrogens (tertiary/aromatic N) is 3. The number of pyridine rings is 1. The summed E-state index contributed by atoms with van der Waals surface area (Å²) in [4.78, 5) is 4.28. The molecule has 0 bridgehead atoms. The molecule has 114 valence electrons. The molecule has 6 heteroatoms. The minimum Gasteiger partial charge on any atom is -0.469 e. The van der Waals surface area contributed by atoms with Gasteiger partial charge in [0.2, 0.25) is 0 Å². The molecule has 3 aromatic heterocycles. The Morgan fingerprint density at radius 1 is 1.32 bits per heavy atom. The number of aliphatic hydroxyl groups is 1. The second kappa shape index (κ2) is 6.44. The maximum atomic E-state index is 9.20. The largest absolute Gasteiger partial charge is 0.469 e. The molecule has 3 aromatic rings. The molecule has 0 aliphatic carbocycles. The molecule has 3 heterocycles. The summed E-state index contributed by atoms with van der Waals surface area (Å²) in [6.45, 7) is 2.97. The number of rotatable bonds is 6. The van der Waals surface area contributed by atoms with E-state index in [1.165, 1.54) is 0 Å². The van der Waals surface area contributed by atoms with Crippen LogP contribution < -0.4 is 5.32 Å². The third kappa shape index (κ3) is 3.01. The summed E-state index contributed by atoms with van der Waals surface area (Å²) in [6.07, 6.45) is 3.42. The summed E-state index contributed by atoms with van der Waals surface area (Å²) >= 11 is 0. The van der Waals surface area contributed by atoms with Crippen LogP contribution in [0.1, 0.15) is 11.5 Å². The van der Waals surface area contributed by atoms with Gasteiger partial charge < -0.3 is 14.8 Å². The molecule has 0 unspecified atom stereocenters. The number of aryl methyl sites for hydroxylation is 1. The van der Waals surface area contributed by atoms with E-state index in [0.29, 0.717) is 13.1 Å². The molecular formula is C16H18N4O2. The molecule has 2 N–H and O–H groups in total. The second-order valence-electron chi connectivity index (χ2n) is 4.93. The Balaban J connectivity index is 1.83. The van der Waals surface area contributed by atoms with Crippen molar-refractivity contribution in [3.8, 4) is 11.3 Å². The summed E-state index contributed by atoms with van der Waals surface area (Å²) in [6, 6.07) is 9.65. The van der Waals surface area contributed by atoms with E-state index in [1.807, 2.05) is 37.3 Å². The highest BCUT2D eigenvalue weighted by Crippen LogP contribution is 2.26. The van der Waals surface area contributed by atoms with Crippen LogP contribution in [0.2, 0.25) is 0 Å². The van der Waals surface area contributed by atoms with Crippen molar-refractivity contribution in [3.63, 3.8) is 0 Å². The number of aromatic nitrogens is 3. The van der Waals surface area contributed by atoms with Crippen LogP contribution in [0.5, 0.6) is 0 Å². The van der Waals surface area contributed by atoms with E-state index in [9.17, 15) is 5.11 Å². The molecule has 0 aliphatic heterocycles. The van der Waals surface area contributed by atoms with Gasteiger partial charge in [-0.15, -0.1) is 0 Å². The van der Waals surface area contributed by atoms with Crippen LogP contribution >= 0.6 is 0 Å². The van der Waals surface area contributed by atoms with Crippen LogP contribution in [0.15, 0.2) is 47.2 Å². The standard InChI is InChI=1S/C16H18N4O2/c1-12-14(5-9-22-12)15-10-16(20(19-15)7-8-21)18-11-13-4-2-3-6-17-13/h2-6,9-10,18,21H,7-8,11H2,1H3. The van der Waals surface area contributed by atoms with E-state index >= 15 is 0 Å². The predicted molar refractivity (Wildman–Crippen MR) is 83.3 cm³/mol. The minimum absolute atomic E-state index is 0.0315. The summed E-state index contributed by atoms with van der Waals surface area (Å²) in [5, 5.41) is 17.0. The first-order valence-corrected chi connectivity index (χ1v) is 7.15. The van der Waals surface area contributed by atoms with Crippen molar-refractivity contribution in [3.05, 3.63) is 54.2 Å². The van der Waals surface area contributed by atoms with Gasteiger partial charge in [-0.1, -0.05) is 6.07 Å². The van der Waals surface area contributed by atoms with Crippen LogP contribution in [0.4, 0.5) is 5.82 Å². The number of hydrogen-bond donors (Lipinski definition) is 2. The lowest BCUT2D eigenvalue weighted by Crippen LogP contribution is -2.10. The highest BCUT2D eigenvalue weighted by molar-refractivity contribution is 5.64. The number of aliphatic hydroxyl groups excluding tert-OH is 1. The molecule has 3 rings (SSSR count). The second-order valence-corrected chi connectivity index (χ2v) is 4.93. The van der Waals surface area contributed by atoms with E-state index in [2.05, 4.69) is 15.4 Å². The van der Waals surface area contributed by atoms with E-state index in [-0.39, 0.29) is 6.61 Å². The Bertz CT molecular complexity index is 734. The van der Waals surface area contributed by atoms with Gasteiger partial charge in [-0.2, -0.15) is 5.10 Å². The van der Waals surface area contributed by atoms with Gasteiger partial charge in [0.15, 0.2) is 0 Å². The fourth-order valence-electron chi connectivity index (χ4n) is 2.29. The van der Waals surface area contributed by atoms with Gasteiger partial charge in [-0.05, 0) is 25.1 Å². The molecule has 0 atom stereocenters. The topological polar surface area (TPSA) is 76.1 Å². The van der Waals surface area contributed by atoms with Crippen LogP contribution in [0.25, 0.3) is 11.3 Å². The van der Waals surface area contributed by atoms with Crippen molar-refractivity contribution in [2.24, 2.45) is 0 Å². The molecule has 0 saturated carbocycles. The van der Waals surface area contributed by atoms with E-state index in [4.69, 9.17) is 4.42 Å². The Morgan fingerprint density at radius 3 is 2.91 bits per heavy atom. The number of nitrogens with one attached hydrogen (secondary N) is 1. The van der Waals surface area contributed by atoms with Crippen molar-refractivity contribution in [2.75, 3.05) is 11.9 Å². The highest BCUT2D eigenvalue weighted by Gasteiger charge is 2.12. The number of anilines is 1. The lowest BCUT2D eigenvalue weighted by atomic mass is 10.2. The van der Waals surface area contributed by atoms with Crippen LogP contribution in [-0.4, -0.2) is 26.5 Å². The van der Waals surface area contributed by atoms with Crippen LogP contribution in [0.3, 0.4) is 0 Å². The monoisotopic (exact) mass is 298 g/mol. The fourth-order valence-corrected chi connectivity index (χ4v) is 2.29. The summed E-state index contributed by atoms with van der Waals surface area (Å²) in [5.41, 5.74) is 2.72. The van der Waals surface area contributed by atoms with E-state index in [0.717, 1.165) is 28.5 Å². The van der Waals surface area contributed by atoms with E-state index < -0.39 is 0 Å². The van der Waals surface area contributed by atoms with Crippen molar-refractivity contribution in [1.82, 2.24) is 14.8 Å². The highest BCUT2D eigenvalue weighted by atomic mass is 16.3. The first kappa shape index (κ1) is 14.3. The molecule has 22 heavy (non-hydrogen) atoms. The first-order valence-electron chi connectivity index (χ1n) is 7.15. The Kier molecular flexibility index (Phi) is 4.20. The smallest absolute Gasteiger partial charge is 0.125 e. The summed E-state index contributed by atoms with van der Waals surface area (Å²) in [7, 11) is 0. The molecule has 0 amide bonds. The first-order chi connectivity index (χ1) is 10.8. The minimum atomic E-state index is 0.0315. The fraction of sp³-hybridized carbons (Fsp3) is 0.250. The lowest BCUT2D eigenvalue weighted by Gasteiger charge is -2.07. The third-order valence-electron chi connectivity index (χ3n) is 3.40. The van der Waals surface area contributed by atoms with E-state index in [1.54, 1.807) is 17.1 Å². The zero-order valence-corrected chi connectivity index (χ0v) is 12.4. The van der Waals surface area contributed by atoms with Gasteiger partial charge in [0.05, 0.1) is 37.3 Å². The van der Waals surface area contributed by atoms with Gasteiger partial charge in [-0.3, -0.25) is 4.98 Å². The maximum Gasteiger partial charge on any atom is 0.125 e. The lowest BCUT2D eigenvalue weighted by molar-refractivity contribution is 0.270.